The first kappa shape index (κ1) is 47.7. The second kappa shape index (κ2) is 24.1. The molecule has 0 bridgehead atoms. The van der Waals surface area contributed by atoms with Crippen molar-refractivity contribution in [2.45, 2.75) is 52.1 Å². The molecule has 1 aliphatic heterocycles. The molecule has 1 aromatic heterocycles. The topological polar surface area (TPSA) is 235 Å². The maximum atomic E-state index is 11.9. The number of amides is 1. The van der Waals surface area contributed by atoms with Gasteiger partial charge in [0.05, 0.1) is 12.5 Å². The minimum atomic E-state index is -1.21. The van der Waals surface area contributed by atoms with Crippen molar-refractivity contribution in [3.8, 4) is 0 Å². The molecule has 0 aliphatic carbocycles. The van der Waals surface area contributed by atoms with Crippen LogP contribution in [-0.4, -0.2) is 91.0 Å². The van der Waals surface area contributed by atoms with Crippen molar-refractivity contribution in [2.24, 2.45) is 19.8 Å². The third kappa shape index (κ3) is 17.1. The second-order valence-electron chi connectivity index (χ2n) is 8.52. The number of rotatable bonds is 10. The van der Waals surface area contributed by atoms with Crippen LogP contribution in [0.1, 0.15) is 40.0 Å². The standard InChI is InChI=1S/C11H18N2O6S.C9H13N4O2.C2H4O2.C2H2S.CH4.Ag/c12-6(11(18)19)1-3-9(15)13-7(5-20)8(14)2-4-10(16)17;1-10-5-11(2)7-6(10)8(14)13(4)9(15)12(7)3;1-2(3)4;1-2-3;;/h6-7,20H,1-5,12H2,(H,13,15)(H,16,17)(H,18,19);5H,1-4H3;1H3,(H,3,4);1H2;1H4;/q;-1;;;;+1. The predicted molar refractivity (Wildman–Crippen MR) is 169 cm³/mol. The van der Waals surface area contributed by atoms with E-state index >= 15 is 0 Å². The van der Waals surface area contributed by atoms with Gasteiger partial charge in [-0.05, 0) is 39.3 Å². The van der Waals surface area contributed by atoms with E-state index in [1.165, 1.54) is 11.6 Å². The van der Waals surface area contributed by atoms with Crippen molar-refractivity contribution in [1.82, 2.24) is 14.5 Å². The number of nitrogens with one attached hydrogen (secondary N) is 1. The molecule has 2 unspecified atom stereocenters. The summed E-state index contributed by atoms with van der Waals surface area (Å²) in [7, 11) is 6.73. The predicted octanol–water partition coefficient (Wildman–Crippen LogP) is -0.388. The number of fused-ring (bicyclic) bond motifs is 1. The minimum Gasteiger partial charge on any atom is -0.498 e. The van der Waals surface area contributed by atoms with Gasteiger partial charge in [-0.15, -0.1) is 0 Å². The Balaban J connectivity index is -0.000000293. The van der Waals surface area contributed by atoms with E-state index < -0.39 is 41.7 Å². The molecule has 2 heterocycles. The zero-order valence-electron chi connectivity index (χ0n) is 24.2. The van der Waals surface area contributed by atoms with E-state index in [-0.39, 0.29) is 72.5 Å². The van der Waals surface area contributed by atoms with Crippen LogP contribution in [0.15, 0.2) is 16.2 Å². The Kier molecular flexibility index (Phi) is 26.1. The fourth-order valence-corrected chi connectivity index (χ4v) is 3.50. The summed E-state index contributed by atoms with van der Waals surface area (Å²) in [6.07, 6.45) is -0.702. The van der Waals surface area contributed by atoms with E-state index in [1.54, 1.807) is 37.6 Å². The summed E-state index contributed by atoms with van der Waals surface area (Å²) in [6, 6.07) is -2.02. The molecule has 2 atom stereocenters. The summed E-state index contributed by atoms with van der Waals surface area (Å²) >= 11 is 7.95. The number of carboxylic acid groups (broad SMARTS) is 3. The van der Waals surface area contributed by atoms with Crippen LogP contribution in [0, 0.1) is 6.67 Å². The van der Waals surface area contributed by atoms with Crippen LogP contribution >= 0.6 is 24.8 Å². The number of carbonyl (C=O) groups is 5. The molecule has 0 saturated carbocycles. The summed E-state index contributed by atoms with van der Waals surface area (Å²) < 4.78 is 2.58. The molecule has 2 rings (SSSR count). The molecule has 16 nitrogen and oxygen atoms in total. The number of hydrogen-bond donors (Lipinski definition) is 6. The summed E-state index contributed by atoms with van der Waals surface area (Å²) in [4.78, 5) is 80.0. The summed E-state index contributed by atoms with van der Waals surface area (Å²) in [5, 5.41) is 28.9. The van der Waals surface area contributed by atoms with E-state index in [0.717, 1.165) is 11.5 Å². The number of thiocarbonyl (C=S) groups is 1. The fraction of sp³-hybridized carbons (Fsp3) is 0.520. The van der Waals surface area contributed by atoms with Gasteiger partial charge in [0.1, 0.15) is 17.5 Å². The van der Waals surface area contributed by atoms with E-state index in [4.69, 9.17) is 25.8 Å². The molecular weight excluding hydrogens is 716 g/mol. The molecule has 19 heteroatoms. The molecule has 1 aromatic rings. The van der Waals surface area contributed by atoms with Crippen LogP contribution in [0.3, 0.4) is 0 Å². The molecule has 1 amide bonds. The Labute approximate surface area is 281 Å². The van der Waals surface area contributed by atoms with Crippen LogP contribution in [0.4, 0.5) is 11.5 Å². The van der Waals surface area contributed by atoms with Crippen molar-refractivity contribution >= 4 is 71.0 Å². The molecule has 1 aliphatic rings. The smallest absolute Gasteiger partial charge is 0.498 e. The van der Waals surface area contributed by atoms with Gasteiger partial charge < -0.3 is 36.2 Å². The third-order valence-corrected chi connectivity index (χ3v) is 5.50. The Hall–Kier alpha value is -3.25. The van der Waals surface area contributed by atoms with Crippen LogP contribution < -0.4 is 32.1 Å². The maximum Gasteiger partial charge on any atom is 1.00 e. The molecule has 0 aromatic carbocycles. The molecule has 0 saturated heterocycles. The van der Waals surface area contributed by atoms with Crippen LogP contribution in [0.2, 0.25) is 0 Å². The van der Waals surface area contributed by atoms with Crippen molar-refractivity contribution in [3.05, 3.63) is 34.1 Å². The SMILES string of the molecule is C.C=C=S.CC(=O)O.CN1[CH-]N(C)c2c1c(=O)n(C)c(=O)n2C.NC(CCC(=O)NC(CS)C(=O)CCC(=O)O)C(=O)O.[Ag+]. The number of nitrogens with zero attached hydrogens (tertiary/aromatic N) is 4. The van der Waals surface area contributed by atoms with Gasteiger partial charge in [0, 0.05) is 39.6 Å². The van der Waals surface area contributed by atoms with E-state index in [1.807, 2.05) is 0 Å². The quantitative estimate of drug-likeness (QED) is 0.0773. The Bertz CT molecular complexity index is 1280. The van der Waals surface area contributed by atoms with Crippen molar-refractivity contribution in [3.63, 3.8) is 0 Å². The zero-order valence-corrected chi connectivity index (χ0v) is 27.4. The minimum absolute atomic E-state index is 0. The molecule has 6 N–H and O–H groups in total. The van der Waals surface area contributed by atoms with Gasteiger partial charge in [-0.25, -0.2) is 4.79 Å². The number of aliphatic carboxylic acids is 3. The van der Waals surface area contributed by atoms with Gasteiger partial charge >= 0.3 is 40.0 Å². The van der Waals surface area contributed by atoms with E-state index in [0.29, 0.717) is 11.5 Å². The summed E-state index contributed by atoms with van der Waals surface area (Å²) in [6.45, 7) is 5.90. The number of ketones is 1. The van der Waals surface area contributed by atoms with Crippen LogP contribution in [0.25, 0.3) is 0 Å². The number of Topliss-reactive ketones (excluding diaryl/α,β-unsaturated/α-hetero) is 1. The Morgan fingerprint density at radius 3 is 1.91 bits per heavy atom. The monoisotopic (exact) mass is 756 g/mol. The van der Waals surface area contributed by atoms with Crippen molar-refractivity contribution in [2.75, 3.05) is 29.6 Å². The summed E-state index contributed by atoms with van der Waals surface area (Å²) in [5.41, 5.74) is 5.19. The number of carbonyl (C=O) groups excluding carboxylic acids is 2. The number of anilines is 2. The third-order valence-electron chi connectivity index (χ3n) is 5.14. The molecule has 44 heavy (non-hydrogen) atoms. The molecule has 254 valence electrons. The van der Waals surface area contributed by atoms with E-state index in [9.17, 15) is 28.8 Å². The van der Waals surface area contributed by atoms with Crippen LogP contribution in [-0.2, 0) is 60.4 Å². The Morgan fingerprint density at radius 2 is 1.50 bits per heavy atom. The molecule has 0 fully saturated rings. The molecule has 0 radical (unpaired) electrons. The largest absolute Gasteiger partial charge is 1.00 e. The van der Waals surface area contributed by atoms with Crippen LogP contribution in [0.5, 0.6) is 0 Å². The fourth-order valence-electron chi connectivity index (χ4n) is 3.21. The average Bonchev–Trinajstić information content (AvgIpc) is 3.20. The van der Waals surface area contributed by atoms with Gasteiger partial charge in [0.2, 0.25) is 5.91 Å². The van der Waals surface area contributed by atoms with Crippen molar-refractivity contribution in [1.29, 1.82) is 0 Å². The van der Waals surface area contributed by atoms with Gasteiger partial charge in [-0.1, -0.05) is 12.4 Å². The second-order valence-corrected chi connectivity index (χ2v) is 9.18. The summed E-state index contributed by atoms with van der Waals surface area (Å²) in [5.74, 6) is -3.43. The van der Waals surface area contributed by atoms with Gasteiger partial charge in [0.15, 0.2) is 5.78 Å². The van der Waals surface area contributed by atoms with Gasteiger partial charge in [-0.3, -0.25) is 37.9 Å². The average molecular weight is 758 g/mol. The number of hydrogen-bond acceptors (Lipinski definition) is 12. The number of aromatic nitrogens is 2. The Morgan fingerprint density at radius 1 is 1.02 bits per heavy atom. The first-order valence-electron chi connectivity index (χ1n) is 11.9. The normalized spacial score (nSPS) is 11.8. The van der Waals surface area contributed by atoms with Gasteiger partial charge in [-0.2, -0.15) is 19.3 Å². The first-order valence-corrected chi connectivity index (χ1v) is 13.0. The molecule has 0 spiro atoms. The van der Waals surface area contributed by atoms with E-state index in [2.05, 4.69) is 41.8 Å². The zero-order chi connectivity index (χ0) is 33.3. The first-order chi connectivity index (χ1) is 19.4. The molecular formula is C25H41AgN6O10S2. The van der Waals surface area contributed by atoms with Gasteiger partial charge in [0.25, 0.3) is 11.5 Å². The van der Waals surface area contributed by atoms with Crippen molar-refractivity contribution < 1.29 is 61.7 Å². The number of nitrogens with two attached hydrogens (primary N) is 1. The number of thiol groups is 1. The maximum absolute atomic E-state index is 11.9. The number of carboxylic acids is 3.